The molecule has 0 aromatic rings. The molecule has 4 nitrogen and oxygen atoms in total. The standard InChI is InChI=1S/C11H26N4/c1-10(13)8-14(2)9-15-7-3-4-11(15)5-6-12/h10-11H,3-9,12-13H2,1-2H3. The van der Waals surface area contributed by atoms with Gasteiger partial charge in [0.2, 0.25) is 0 Å². The van der Waals surface area contributed by atoms with Crippen LogP contribution in [0.2, 0.25) is 0 Å². The number of likely N-dealkylation sites (tertiary alicyclic amines) is 1. The summed E-state index contributed by atoms with van der Waals surface area (Å²) >= 11 is 0. The fourth-order valence-corrected chi connectivity index (χ4v) is 2.46. The zero-order valence-corrected chi connectivity index (χ0v) is 10.2. The van der Waals surface area contributed by atoms with E-state index in [9.17, 15) is 0 Å². The van der Waals surface area contributed by atoms with E-state index in [1.165, 1.54) is 19.4 Å². The van der Waals surface area contributed by atoms with Crippen LogP contribution in [0.25, 0.3) is 0 Å². The van der Waals surface area contributed by atoms with Crippen molar-refractivity contribution in [2.24, 2.45) is 11.5 Å². The van der Waals surface area contributed by atoms with E-state index < -0.39 is 0 Å². The minimum atomic E-state index is 0.255. The molecule has 0 aromatic heterocycles. The zero-order valence-electron chi connectivity index (χ0n) is 10.2. The van der Waals surface area contributed by atoms with Crippen LogP contribution in [0.4, 0.5) is 0 Å². The molecule has 90 valence electrons. The summed E-state index contributed by atoms with van der Waals surface area (Å²) in [4.78, 5) is 4.84. The minimum absolute atomic E-state index is 0.255. The Morgan fingerprint density at radius 2 is 2.27 bits per heavy atom. The first-order valence-electron chi connectivity index (χ1n) is 6.01. The highest BCUT2D eigenvalue weighted by Crippen LogP contribution is 2.19. The first-order chi connectivity index (χ1) is 7.13. The summed E-state index contributed by atoms with van der Waals surface area (Å²) in [5.41, 5.74) is 11.4. The van der Waals surface area contributed by atoms with Gasteiger partial charge in [0.1, 0.15) is 0 Å². The third-order valence-electron chi connectivity index (χ3n) is 3.02. The number of hydrogen-bond acceptors (Lipinski definition) is 4. The van der Waals surface area contributed by atoms with Gasteiger partial charge in [-0.3, -0.25) is 9.80 Å². The molecule has 1 fully saturated rings. The van der Waals surface area contributed by atoms with E-state index in [-0.39, 0.29) is 6.04 Å². The monoisotopic (exact) mass is 214 g/mol. The number of nitrogens with two attached hydrogens (primary N) is 2. The lowest BCUT2D eigenvalue weighted by molar-refractivity contribution is 0.135. The maximum atomic E-state index is 5.78. The first-order valence-corrected chi connectivity index (χ1v) is 6.01. The van der Waals surface area contributed by atoms with Crippen LogP contribution in [0, 0.1) is 0 Å². The summed E-state index contributed by atoms with van der Waals surface area (Å²) in [7, 11) is 2.14. The van der Waals surface area contributed by atoms with E-state index in [1.807, 2.05) is 0 Å². The van der Waals surface area contributed by atoms with E-state index >= 15 is 0 Å². The van der Waals surface area contributed by atoms with Crippen LogP contribution >= 0.6 is 0 Å². The van der Waals surface area contributed by atoms with Crippen molar-refractivity contribution in [2.45, 2.75) is 38.3 Å². The molecule has 1 heterocycles. The highest BCUT2D eigenvalue weighted by atomic mass is 15.3. The van der Waals surface area contributed by atoms with Crippen molar-refractivity contribution in [3.05, 3.63) is 0 Å². The molecule has 1 aliphatic rings. The minimum Gasteiger partial charge on any atom is -0.330 e. The van der Waals surface area contributed by atoms with Crippen molar-refractivity contribution in [2.75, 3.05) is 33.4 Å². The van der Waals surface area contributed by atoms with E-state index in [0.29, 0.717) is 6.04 Å². The highest BCUT2D eigenvalue weighted by Gasteiger charge is 2.24. The lowest BCUT2D eigenvalue weighted by atomic mass is 10.1. The van der Waals surface area contributed by atoms with Gasteiger partial charge in [-0.15, -0.1) is 0 Å². The molecule has 1 rings (SSSR count). The fourth-order valence-electron chi connectivity index (χ4n) is 2.46. The molecule has 0 amide bonds. The van der Waals surface area contributed by atoms with E-state index in [2.05, 4.69) is 23.8 Å². The molecule has 1 aliphatic heterocycles. The quantitative estimate of drug-likeness (QED) is 0.655. The van der Waals surface area contributed by atoms with Crippen molar-refractivity contribution in [3.8, 4) is 0 Å². The Kier molecular flexibility index (Phi) is 5.53. The van der Waals surface area contributed by atoms with E-state index in [1.54, 1.807) is 0 Å². The number of nitrogens with zero attached hydrogens (tertiary/aromatic N) is 2. The van der Waals surface area contributed by atoms with Gasteiger partial charge in [-0.25, -0.2) is 0 Å². The van der Waals surface area contributed by atoms with Gasteiger partial charge in [0.15, 0.2) is 0 Å². The van der Waals surface area contributed by atoms with Crippen molar-refractivity contribution < 1.29 is 0 Å². The second-order valence-electron chi connectivity index (χ2n) is 4.84. The van der Waals surface area contributed by atoms with Gasteiger partial charge < -0.3 is 11.5 Å². The average molecular weight is 214 g/mol. The fraction of sp³-hybridized carbons (Fsp3) is 1.00. The highest BCUT2D eigenvalue weighted by molar-refractivity contribution is 4.79. The second kappa shape index (κ2) is 6.43. The van der Waals surface area contributed by atoms with Gasteiger partial charge in [-0.2, -0.15) is 0 Å². The lowest BCUT2D eigenvalue weighted by Gasteiger charge is -2.29. The Balaban J connectivity index is 2.29. The third-order valence-corrected chi connectivity index (χ3v) is 3.02. The van der Waals surface area contributed by atoms with Gasteiger partial charge in [0.05, 0.1) is 6.67 Å². The van der Waals surface area contributed by atoms with Crippen LogP contribution in [0.3, 0.4) is 0 Å². The number of likely N-dealkylation sites (N-methyl/N-ethyl adjacent to an activating group) is 1. The Hall–Kier alpha value is -0.160. The lowest BCUT2D eigenvalue weighted by Crippen LogP contribution is -2.43. The first kappa shape index (κ1) is 12.9. The predicted molar refractivity (Wildman–Crippen MR) is 64.5 cm³/mol. The van der Waals surface area contributed by atoms with Gasteiger partial charge in [-0.1, -0.05) is 0 Å². The van der Waals surface area contributed by atoms with Gasteiger partial charge in [0, 0.05) is 18.6 Å². The number of hydrogen-bond donors (Lipinski definition) is 2. The smallest absolute Gasteiger partial charge is 0.0506 e. The molecule has 0 aliphatic carbocycles. The normalized spacial score (nSPS) is 25.0. The van der Waals surface area contributed by atoms with Crippen LogP contribution in [-0.4, -0.2) is 55.2 Å². The molecular weight excluding hydrogens is 188 g/mol. The predicted octanol–water partition coefficient (Wildman–Crippen LogP) is 0.0361. The summed E-state index contributed by atoms with van der Waals surface area (Å²) < 4.78 is 0. The van der Waals surface area contributed by atoms with Crippen LogP contribution < -0.4 is 11.5 Å². The summed E-state index contributed by atoms with van der Waals surface area (Å²) in [6.45, 7) is 6.07. The van der Waals surface area contributed by atoms with Gasteiger partial charge in [-0.05, 0) is 46.3 Å². The molecule has 0 aromatic carbocycles. The van der Waals surface area contributed by atoms with Crippen LogP contribution in [-0.2, 0) is 0 Å². The Morgan fingerprint density at radius 3 is 2.87 bits per heavy atom. The molecule has 4 heteroatoms. The third kappa shape index (κ3) is 4.47. The van der Waals surface area contributed by atoms with Crippen LogP contribution in [0.5, 0.6) is 0 Å². The van der Waals surface area contributed by atoms with Gasteiger partial charge >= 0.3 is 0 Å². The summed E-state index contributed by atoms with van der Waals surface area (Å²) in [6, 6.07) is 0.955. The maximum Gasteiger partial charge on any atom is 0.0506 e. The largest absolute Gasteiger partial charge is 0.330 e. The molecule has 15 heavy (non-hydrogen) atoms. The molecule has 2 unspecified atom stereocenters. The van der Waals surface area contributed by atoms with Crippen molar-refractivity contribution in [1.29, 1.82) is 0 Å². The molecule has 2 atom stereocenters. The topological polar surface area (TPSA) is 58.5 Å². The van der Waals surface area contributed by atoms with Gasteiger partial charge in [0.25, 0.3) is 0 Å². The maximum absolute atomic E-state index is 5.78. The summed E-state index contributed by atoms with van der Waals surface area (Å²) in [6.07, 6.45) is 3.76. The molecule has 0 saturated carbocycles. The van der Waals surface area contributed by atoms with Crippen molar-refractivity contribution >= 4 is 0 Å². The Bertz CT molecular complexity index is 172. The molecule has 0 spiro atoms. The average Bonchev–Trinajstić information content (AvgIpc) is 2.52. The zero-order chi connectivity index (χ0) is 11.3. The summed E-state index contributed by atoms with van der Waals surface area (Å²) in [5, 5.41) is 0. The second-order valence-corrected chi connectivity index (χ2v) is 4.84. The van der Waals surface area contributed by atoms with Crippen molar-refractivity contribution in [3.63, 3.8) is 0 Å². The van der Waals surface area contributed by atoms with E-state index in [4.69, 9.17) is 11.5 Å². The molecule has 1 saturated heterocycles. The molecule has 0 radical (unpaired) electrons. The van der Waals surface area contributed by atoms with E-state index in [0.717, 1.165) is 26.2 Å². The van der Waals surface area contributed by atoms with Crippen LogP contribution in [0.1, 0.15) is 26.2 Å². The number of rotatable bonds is 6. The summed E-state index contributed by atoms with van der Waals surface area (Å²) in [5.74, 6) is 0. The molecule has 4 N–H and O–H groups in total. The Morgan fingerprint density at radius 1 is 1.53 bits per heavy atom. The van der Waals surface area contributed by atoms with Crippen LogP contribution in [0.15, 0.2) is 0 Å². The Labute approximate surface area is 93.6 Å². The molecular formula is C11H26N4. The van der Waals surface area contributed by atoms with Crippen molar-refractivity contribution in [1.82, 2.24) is 9.80 Å². The SMILES string of the molecule is CC(N)CN(C)CN1CCCC1CCN. The molecule has 0 bridgehead atoms.